The van der Waals surface area contributed by atoms with Crippen molar-refractivity contribution in [2.75, 3.05) is 39.6 Å². The Bertz CT molecular complexity index is 236. The van der Waals surface area contributed by atoms with E-state index in [1.54, 1.807) is 0 Å². The highest BCUT2D eigenvalue weighted by atomic mass is 16.5. The second-order valence-corrected chi connectivity index (χ2v) is 6.95. The monoisotopic (exact) mass is 360 g/mol. The molecule has 4 nitrogen and oxygen atoms in total. The molecule has 0 radical (unpaired) electrons. The number of hydrogen-bond acceptors (Lipinski definition) is 4. The van der Waals surface area contributed by atoms with Gasteiger partial charge in [0, 0.05) is 13.2 Å². The van der Waals surface area contributed by atoms with Crippen LogP contribution in [-0.2, 0) is 14.2 Å². The summed E-state index contributed by atoms with van der Waals surface area (Å²) in [6, 6.07) is 0. The van der Waals surface area contributed by atoms with E-state index in [0.29, 0.717) is 26.4 Å². The van der Waals surface area contributed by atoms with E-state index in [1.807, 2.05) is 0 Å². The van der Waals surface area contributed by atoms with E-state index in [1.165, 1.54) is 64.2 Å². The van der Waals surface area contributed by atoms with Gasteiger partial charge in [0.25, 0.3) is 0 Å². The first-order chi connectivity index (χ1) is 12.3. The molecule has 0 aliphatic rings. The molecule has 0 saturated heterocycles. The molecule has 0 saturated carbocycles. The summed E-state index contributed by atoms with van der Waals surface area (Å²) in [4.78, 5) is 0. The van der Waals surface area contributed by atoms with Gasteiger partial charge in [0.05, 0.1) is 26.4 Å². The average Bonchev–Trinajstić information content (AvgIpc) is 2.62. The molecule has 25 heavy (non-hydrogen) atoms. The Labute approximate surface area is 156 Å². The number of hydrogen-bond donors (Lipinski definition) is 1. The lowest BCUT2D eigenvalue weighted by Crippen LogP contribution is -2.23. The molecule has 0 heterocycles. The van der Waals surface area contributed by atoms with Gasteiger partial charge in [-0.1, -0.05) is 78.1 Å². The zero-order valence-corrected chi connectivity index (χ0v) is 17.0. The summed E-state index contributed by atoms with van der Waals surface area (Å²) >= 11 is 0. The fraction of sp³-hybridized carbons (Fsp3) is 1.00. The molecule has 0 amide bonds. The Kier molecular flexibility index (Phi) is 21.7. The van der Waals surface area contributed by atoms with Crippen LogP contribution in [0, 0.1) is 0 Å². The van der Waals surface area contributed by atoms with Crippen molar-refractivity contribution in [3.63, 3.8) is 0 Å². The Balaban J connectivity index is 3.11. The molecule has 0 spiro atoms. The Morgan fingerprint density at radius 2 is 0.920 bits per heavy atom. The van der Waals surface area contributed by atoms with Crippen molar-refractivity contribution in [3.8, 4) is 0 Å². The summed E-state index contributed by atoms with van der Waals surface area (Å²) in [5, 5.41) is 9.77. The quantitative estimate of drug-likeness (QED) is 0.289. The molecule has 0 bridgehead atoms. The molecule has 0 aromatic heterocycles. The van der Waals surface area contributed by atoms with Gasteiger partial charge in [-0.2, -0.15) is 0 Å². The van der Waals surface area contributed by atoms with Gasteiger partial charge in [0.1, 0.15) is 6.10 Å². The van der Waals surface area contributed by atoms with Crippen LogP contribution in [0.25, 0.3) is 0 Å². The number of unbranched alkanes of at least 4 members (excludes halogenated alkanes) is 10. The Morgan fingerprint density at radius 1 is 0.520 bits per heavy atom. The van der Waals surface area contributed by atoms with Crippen LogP contribution in [-0.4, -0.2) is 50.9 Å². The molecular formula is C21H44O4. The molecular weight excluding hydrogens is 316 g/mol. The molecule has 0 aromatic carbocycles. The minimum atomic E-state index is -0.529. The van der Waals surface area contributed by atoms with Crippen LogP contribution < -0.4 is 0 Å². The van der Waals surface area contributed by atoms with Crippen molar-refractivity contribution in [1.29, 1.82) is 0 Å². The van der Waals surface area contributed by atoms with Crippen LogP contribution in [0.4, 0.5) is 0 Å². The van der Waals surface area contributed by atoms with Crippen LogP contribution >= 0.6 is 0 Å². The van der Waals surface area contributed by atoms with Gasteiger partial charge >= 0.3 is 0 Å². The van der Waals surface area contributed by atoms with Crippen molar-refractivity contribution in [2.24, 2.45) is 0 Å². The first-order valence-electron chi connectivity index (χ1n) is 10.7. The SMILES string of the molecule is CCCCCCCCOCCOC[C@@H](O)COCCCCCCCC. The van der Waals surface area contributed by atoms with Crippen LogP contribution in [0.1, 0.15) is 90.9 Å². The van der Waals surface area contributed by atoms with Crippen molar-refractivity contribution in [3.05, 3.63) is 0 Å². The highest BCUT2D eigenvalue weighted by molar-refractivity contribution is 4.52. The lowest BCUT2D eigenvalue weighted by molar-refractivity contribution is -0.0326. The molecule has 4 heteroatoms. The predicted molar refractivity (Wildman–Crippen MR) is 105 cm³/mol. The van der Waals surface area contributed by atoms with Crippen LogP contribution in [0.2, 0.25) is 0 Å². The van der Waals surface area contributed by atoms with Crippen molar-refractivity contribution in [2.45, 2.75) is 97.0 Å². The summed E-state index contributed by atoms with van der Waals surface area (Å²) in [6.45, 7) is 7.88. The fourth-order valence-corrected chi connectivity index (χ4v) is 2.68. The fourth-order valence-electron chi connectivity index (χ4n) is 2.68. The third-order valence-electron chi connectivity index (χ3n) is 4.28. The minimum Gasteiger partial charge on any atom is -0.388 e. The second kappa shape index (κ2) is 21.9. The zero-order chi connectivity index (χ0) is 18.4. The van der Waals surface area contributed by atoms with Gasteiger partial charge in [-0.3, -0.25) is 0 Å². The molecule has 152 valence electrons. The molecule has 0 unspecified atom stereocenters. The third kappa shape index (κ3) is 21.8. The van der Waals surface area contributed by atoms with Gasteiger partial charge < -0.3 is 19.3 Å². The van der Waals surface area contributed by atoms with Crippen molar-refractivity contribution < 1.29 is 19.3 Å². The lowest BCUT2D eigenvalue weighted by atomic mass is 10.1. The van der Waals surface area contributed by atoms with E-state index in [4.69, 9.17) is 14.2 Å². The van der Waals surface area contributed by atoms with E-state index in [0.717, 1.165) is 26.1 Å². The number of rotatable bonds is 21. The van der Waals surface area contributed by atoms with E-state index in [2.05, 4.69) is 13.8 Å². The van der Waals surface area contributed by atoms with Gasteiger partial charge in [0.2, 0.25) is 0 Å². The average molecular weight is 361 g/mol. The van der Waals surface area contributed by atoms with Gasteiger partial charge in [-0.15, -0.1) is 0 Å². The standard InChI is InChI=1S/C21H44O4/c1-3-5-7-9-11-13-15-23-17-18-25-20-21(22)19-24-16-14-12-10-8-6-4-2/h21-22H,3-20H2,1-2H3/t21-/m0/s1. The lowest BCUT2D eigenvalue weighted by Gasteiger charge is -2.12. The van der Waals surface area contributed by atoms with Gasteiger partial charge in [0.15, 0.2) is 0 Å². The Hall–Kier alpha value is -0.160. The molecule has 0 fully saturated rings. The van der Waals surface area contributed by atoms with E-state index >= 15 is 0 Å². The predicted octanol–water partition coefficient (Wildman–Crippen LogP) is 5.12. The summed E-state index contributed by atoms with van der Waals surface area (Å²) < 4.78 is 16.5. The summed E-state index contributed by atoms with van der Waals surface area (Å²) in [5.41, 5.74) is 0. The Morgan fingerprint density at radius 3 is 1.48 bits per heavy atom. The largest absolute Gasteiger partial charge is 0.388 e. The summed E-state index contributed by atoms with van der Waals surface area (Å²) in [7, 11) is 0. The van der Waals surface area contributed by atoms with Gasteiger partial charge in [-0.25, -0.2) is 0 Å². The van der Waals surface area contributed by atoms with Crippen LogP contribution in [0.15, 0.2) is 0 Å². The van der Waals surface area contributed by atoms with Crippen molar-refractivity contribution >= 4 is 0 Å². The molecule has 0 rings (SSSR count). The number of aliphatic hydroxyl groups excluding tert-OH is 1. The molecule has 0 aromatic rings. The maximum Gasteiger partial charge on any atom is 0.101 e. The van der Waals surface area contributed by atoms with Crippen LogP contribution in [0.3, 0.4) is 0 Å². The second-order valence-electron chi connectivity index (χ2n) is 6.95. The normalized spacial score (nSPS) is 12.6. The van der Waals surface area contributed by atoms with E-state index in [9.17, 15) is 5.11 Å². The zero-order valence-electron chi connectivity index (χ0n) is 17.0. The summed E-state index contributed by atoms with van der Waals surface area (Å²) in [6.07, 6.45) is 14.7. The molecule has 0 aliphatic carbocycles. The molecule has 0 aliphatic heterocycles. The van der Waals surface area contributed by atoms with E-state index < -0.39 is 6.10 Å². The van der Waals surface area contributed by atoms with Gasteiger partial charge in [-0.05, 0) is 12.8 Å². The maximum atomic E-state index is 9.77. The molecule has 1 atom stereocenters. The topological polar surface area (TPSA) is 47.9 Å². The highest BCUT2D eigenvalue weighted by Gasteiger charge is 2.04. The smallest absolute Gasteiger partial charge is 0.101 e. The first kappa shape index (κ1) is 24.8. The van der Waals surface area contributed by atoms with Crippen molar-refractivity contribution in [1.82, 2.24) is 0 Å². The molecule has 1 N–H and O–H groups in total. The maximum absolute atomic E-state index is 9.77. The summed E-state index contributed by atoms with van der Waals surface area (Å²) in [5.74, 6) is 0. The highest BCUT2D eigenvalue weighted by Crippen LogP contribution is 2.05. The minimum absolute atomic E-state index is 0.330. The third-order valence-corrected chi connectivity index (χ3v) is 4.28. The number of aliphatic hydroxyl groups is 1. The van der Waals surface area contributed by atoms with E-state index in [-0.39, 0.29) is 0 Å². The first-order valence-corrected chi connectivity index (χ1v) is 10.7. The van der Waals surface area contributed by atoms with Crippen LogP contribution in [0.5, 0.6) is 0 Å². The number of ether oxygens (including phenoxy) is 3.